The number of rotatable bonds is 11. The minimum Gasteiger partial charge on any atom is -0.480 e. The fourth-order valence-corrected chi connectivity index (χ4v) is 2.96. The molecule has 10 heteroatoms. The Labute approximate surface area is 167 Å². The summed E-state index contributed by atoms with van der Waals surface area (Å²) in [5.74, 6) is -2.15. The molecule has 1 heterocycles. The molecular formula is C19H24N4O6. The number of carbonyl (C=O) groups is 2. The summed E-state index contributed by atoms with van der Waals surface area (Å²) in [6, 6.07) is 3.98. The number of nitrogens with zero attached hydrogens (tertiary/aromatic N) is 3. The molecule has 2 atom stereocenters. The van der Waals surface area contributed by atoms with E-state index in [1.165, 1.54) is 18.3 Å². The van der Waals surface area contributed by atoms with E-state index in [0.717, 1.165) is 5.56 Å². The molecule has 3 N–H and O–H groups in total. The van der Waals surface area contributed by atoms with Crippen molar-refractivity contribution in [3.05, 3.63) is 58.2 Å². The second kappa shape index (κ2) is 9.78. The van der Waals surface area contributed by atoms with Gasteiger partial charge in [0.2, 0.25) is 0 Å². The zero-order chi connectivity index (χ0) is 21.6. The summed E-state index contributed by atoms with van der Waals surface area (Å²) in [7, 11) is 0. The van der Waals surface area contributed by atoms with Crippen molar-refractivity contribution in [2.75, 3.05) is 0 Å². The van der Waals surface area contributed by atoms with Gasteiger partial charge in [-0.1, -0.05) is 26.0 Å². The molecule has 156 valence electrons. The zero-order valence-electron chi connectivity index (χ0n) is 16.2. The van der Waals surface area contributed by atoms with Crippen LogP contribution < -0.4 is 5.32 Å². The Morgan fingerprint density at radius 2 is 1.79 bits per heavy atom. The highest BCUT2D eigenvalue weighted by atomic mass is 16.6. The number of hydrogen-bond donors (Lipinski definition) is 3. The second-order valence-corrected chi connectivity index (χ2v) is 7.22. The number of hydrogen-bond acceptors (Lipinski definition) is 6. The van der Waals surface area contributed by atoms with Crippen LogP contribution in [-0.4, -0.2) is 48.7 Å². The van der Waals surface area contributed by atoms with E-state index in [2.05, 4.69) is 10.3 Å². The Morgan fingerprint density at radius 1 is 1.17 bits per heavy atom. The van der Waals surface area contributed by atoms with Gasteiger partial charge >= 0.3 is 11.9 Å². The summed E-state index contributed by atoms with van der Waals surface area (Å²) in [6.45, 7) is 4.09. The quantitative estimate of drug-likeness (QED) is 0.380. The van der Waals surface area contributed by atoms with Crippen molar-refractivity contribution in [1.29, 1.82) is 0 Å². The molecule has 0 aliphatic heterocycles. The van der Waals surface area contributed by atoms with Gasteiger partial charge in [-0.05, 0) is 17.9 Å². The average Bonchev–Trinajstić information content (AvgIpc) is 3.07. The molecule has 1 aromatic carbocycles. The van der Waals surface area contributed by atoms with E-state index in [0.29, 0.717) is 18.7 Å². The summed E-state index contributed by atoms with van der Waals surface area (Å²) >= 11 is 0. The van der Waals surface area contributed by atoms with Crippen LogP contribution in [0.1, 0.15) is 31.5 Å². The average molecular weight is 404 g/mol. The molecule has 0 bridgehead atoms. The minimum absolute atomic E-state index is 0.0142. The number of aromatic nitrogens is 2. The van der Waals surface area contributed by atoms with Crippen LogP contribution in [0.3, 0.4) is 0 Å². The van der Waals surface area contributed by atoms with Gasteiger partial charge in [-0.3, -0.25) is 25.0 Å². The molecule has 0 fully saturated rings. The highest BCUT2D eigenvalue weighted by Gasteiger charge is 2.27. The number of aliphatic carboxylic acids is 2. The minimum atomic E-state index is -1.15. The molecule has 0 unspecified atom stereocenters. The number of benzene rings is 1. The van der Waals surface area contributed by atoms with E-state index in [4.69, 9.17) is 0 Å². The maximum Gasteiger partial charge on any atom is 0.321 e. The largest absolute Gasteiger partial charge is 0.480 e. The van der Waals surface area contributed by atoms with Crippen LogP contribution in [0.15, 0.2) is 36.8 Å². The third kappa shape index (κ3) is 6.39. The fraction of sp³-hybridized carbons (Fsp3) is 0.421. The number of nitrogens with one attached hydrogen (secondary N) is 1. The summed E-state index contributed by atoms with van der Waals surface area (Å²) in [5, 5.41) is 32.4. The molecule has 2 aromatic rings. The smallest absolute Gasteiger partial charge is 0.321 e. The molecule has 29 heavy (non-hydrogen) atoms. The SMILES string of the molecule is CC(C)C[C@H](N[C@@H](Cc1cncn1Cc1ccc([N+](=O)[O-])cc1)C(=O)O)C(=O)O. The lowest BCUT2D eigenvalue weighted by atomic mass is 10.0. The van der Waals surface area contributed by atoms with Gasteiger partial charge in [0.25, 0.3) is 5.69 Å². The van der Waals surface area contributed by atoms with Gasteiger partial charge in [-0.25, -0.2) is 4.98 Å². The van der Waals surface area contributed by atoms with E-state index in [1.807, 2.05) is 13.8 Å². The van der Waals surface area contributed by atoms with Crippen LogP contribution >= 0.6 is 0 Å². The zero-order valence-corrected chi connectivity index (χ0v) is 16.2. The van der Waals surface area contributed by atoms with E-state index in [-0.39, 0.29) is 18.0 Å². The van der Waals surface area contributed by atoms with Gasteiger partial charge < -0.3 is 14.8 Å². The molecule has 0 spiro atoms. The first-order valence-electron chi connectivity index (χ1n) is 9.11. The van der Waals surface area contributed by atoms with Crippen LogP contribution in [-0.2, 0) is 22.6 Å². The first-order chi connectivity index (χ1) is 13.7. The summed E-state index contributed by atoms with van der Waals surface area (Å²) in [4.78, 5) is 37.5. The Kier molecular flexibility index (Phi) is 7.43. The Morgan fingerprint density at radius 3 is 2.31 bits per heavy atom. The van der Waals surface area contributed by atoms with Gasteiger partial charge in [0.05, 0.1) is 11.3 Å². The van der Waals surface area contributed by atoms with E-state index in [9.17, 15) is 29.9 Å². The molecule has 1 aromatic heterocycles. The van der Waals surface area contributed by atoms with Crippen LogP contribution in [0.25, 0.3) is 0 Å². The highest BCUT2D eigenvalue weighted by molar-refractivity contribution is 5.77. The number of nitro groups is 1. The molecule has 0 saturated heterocycles. The number of carboxylic acid groups (broad SMARTS) is 2. The predicted molar refractivity (Wildman–Crippen MR) is 104 cm³/mol. The third-order valence-corrected chi connectivity index (χ3v) is 4.42. The molecular weight excluding hydrogens is 380 g/mol. The molecule has 0 amide bonds. The lowest BCUT2D eigenvalue weighted by Crippen LogP contribution is -2.49. The van der Waals surface area contributed by atoms with E-state index in [1.54, 1.807) is 23.0 Å². The summed E-state index contributed by atoms with van der Waals surface area (Å²) in [6.07, 6.45) is 3.42. The van der Waals surface area contributed by atoms with Gasteiger partial charge in [0.1, 0.15) is 12.1 Å². The maximum absolute atomic E-state index is 11.7. The van der Waals surface area contributed by atoms with Crippen molar-refractivity contribution < 1.29 is 24.7 Å². The topological polar surface area (TPSA) is 148 Å². The molecule has 0 aliphatic carbocycles. The van der Waals surface area contributed by atoms with Crippen molar-refractivity contribution in [2.45, 2.75) is 45.3 Å². The first kappa shape index (κ1) is 22.0. The Bertz CT molecular complexity index is 862. The van der Waals surface area contributed by atoms with Crippen LogP contribution in [0.2, 0.25) is 0 Å². The van der Waals surface area contributed by atoms with Gasteiger partial charge in [-0.2, -0.15) is 0 Å². The highest BCUT2D eigenvalue weighted by Crippen LogP contribution is 2.15. The van der Waals surface area contributed by atoms with Crippen LogP contribution in [0.4, 0.5) is 5.69 Å². The lowest BCUT2D eigenvalue weighted by Gasteiger charge is -2.22. The van der Waals surface area contributed by atoms with Crippen LogP contribution in [0.5, 0.6) is 0 Å². The molecule has 0 aliphatic rings. The normalized spacial score (nSPS) is 13.2. The summed E-state index contributed by atoms with van der Waals surface area (Å²) in [5.41, 5.74) is 1.38. The number of non-ortho nitro benzene ring substituents is 1. The third-order valence-electron chi connectivity index (χ3n) is 4.42. The Balaban J connectivity index is 2.13. The predicted octanol–water partition coefficient (Wildman–Crippen LogP) is 1.92. The van der Waals surface area contributed by atoms with Gasteiger partial charge in [-0.15, -0.1) is 0 Å². The molecule has 0 radical (unpaired) electrons. The van der Waals surface area contributed by atoms with Gasteiger partial charge in [0.15, 0.2) is 0 Å². The number of imidazole rings is 1. The Hall–Kier alpha value is -3.27. The number of carboxylic acids is 2. The fourth-order valence-electron chi connectivity index (χ4n) is 2.96. The lowest BCUT2D eigenvalue weighted by molar-refractivity contribution is -0.384. The monoisotopic (exact) mass is 404 g/mol. The molecule has 10 nitrogen and oxygen atoms in total. The van der Waals surface area contributed by atoms with Crippen molar-refractivity contribution in [3.8, 4) is 0 Å². The first-order valence-corrected chi connectivity index (χ1v) is 9.11. The van der Waals surface area contributed by atoms with Crippen molar-refractivity contribution >= 4 is 17.6 Å². The molecule has 2 rings (SSSR count). The number of nitro benzene ring substituents is 1. The van der Waals surface area contributed by atoms with Crippen molar-refractivity contribution in [3.63, 3.8) is 0 Å². The molecule has 0 saturated carbocycles. The van der Waals surface area contributed by atoms with Gasteiger partial charge in [0, 0.05) is 37.0 Å². The standard InChI is InChI=1S/C19H24N4O6/c1-12(2)7-16(18(24)25)21-17(19(26)27)8-15-9-20-11-22(15)10-13-3-5-14(6-4-13)23(28)29/h3-6,9,11-12,16-17,21H,7-8,10H2,1-2H3,(H,24,25)(H,26,27)/t16-,17-/m0/s1. The van der Waals surface area contributed by atoms with E-state index < -0.39 is 28.9 Å². The van der Waals surface area contributed by atoms with Crippen molar-refractivity contribution in [1.82, 2.24) is 14.9 Å². The second-order valence-electron chi connectivity index (χ2n) is 7.22. The maximum atomic E-state index is 11.7. The van der Waals surface area contributed by atoms with Crippen LogP contribution in [0, 0.1) is 16.0 Å². The van der Waals surface area contributed by atoms with E-state index >= 15 is 0 Å². The summed E-state index contributed by atoms with van der Waals surface area (Å²) < 4.78 is 1.73. The van der Waals surface area contributed by atoms with Crippen molar-refractivity contribution in [2.24, 2.45) is 5.92 Å².